The van der Waals surface area contributed by atoms with E-state index in [0.717, 1.165) is 25.2 Å². The number of alkyl halides is 3. The largest absolute Gasteiger partial charge is 0.475 e. The summed E-state index contributed by atoms with van der Waals surface area (Å²) in [5.41, 5.74) is -1.70. The fourth-order valence-electron chi connectivity index (χ4n) is 2.18. The van der Waals surface area contributed by atoms with Crippen LogP contribution in [0.25, 0.3) is 0 Å². The first-order chi connectivity index (χ1) is 13.5. The Balaban J connectivity index is 2.27. The first-order valence-corrected chi connectivity index (χ1v) is 8.46. The Hall–Kier alpha value is -3.02. The Kier molecular flexibility index (Phi) is 6.90. The number of carbonyl (C=O) groups excluding carboxylic acids is 1. The van der Waals surface area contributed by atoms with Gasteiger partial charge in [0, 0.05) is 19.2 Å². The molecule has 0 aliphatic rings. The Morgan fingerprint density at radius 2 is 2.07 bits per heavy atom. The van der Waals surface area contributed by atoms with Gasteiger partial charge in [0.1, 0.15) is 10.8 Å². The smallest absolute Gasteiger partial charge is 0.434 e. The molecule has 29 heavy (non-hydrogen) atoms. The Morgan fingerprint density at radius 1 is 1.38 bits per heavy atom. The molecule has 2 rings (SSSR count). The molecule has 0 saturated carbocycles. The number of ether oxygens (including phenoxy) is 3. The Morgan fingerprint density at radius 3 is 2.62 bits per heavy atom. The van der Waals surface area contributed by atoms with Crippen molar-refractivity contribution in [1.29, 1.82) is 0 Å². The first-order valence-electron chi connectivity index (χ1n) is 8.09. The minimum atomic E-state index is -4.76. The lowest BCUT2D eigenvalue weighted by molar-refractivity contribution is -0.385. The fourth-order valence-corrected chi connectivity index (χ4v) is 2.48. The average Bonchev–Trinajstić information content (AvgIpc) is 2.91. The monoisotopic (exact) mass is 437 g/mol. The van der Waals surface area contributed by atoms with E-state index in [2.05, 4.69) is 5.10 Å². The van der Waals surface area contributed by atoms with E-state index in [-0.39, 0.29) is 18.1 Å². The standard InChI is InChI=1S/C16H15ClF3N3O6/c1-3-6-27-12(24)8-28-11-7-9(4-5-10(11)23(25)26)29-15-13(17)14(16(18,19)20)22(2)21-15/h4-5,7H,3,6,8H2,1-2H3. The molecule has 0 N–H and O–H groups in total. The fraction of sp³-hybridized carbons (Fsp3) is 0.375. The third-order valence-electron chi connectivity index (χ3n) is 3.38. The highest BCUT2D eigenvalue weighted by Crippen LogP contribution is 2.41. The van der Waals surface area contributed by atoms with Gasteiger partial charge >= 0.3 is 17.8 Å². The summed E-state index contributed by atoms with van der Waals surface area (Å²) in [6.07, 6.45) is -4.18. The molecule has 9 nitrogen and oxygen atoms in total. The first kappa shape index (κ1) is 22.3. The van der Waals surface area contributed by atoms with Crippen LogP contribution in [-0.2, 0) is 22.8 Å². The summed E-state index contributed by atoms with van der Waals surface area (Å²) >= 11 is 5.71. The van der Waals surface area contributed by atoms with Crippen molar-refractivity contribution in [3.8, 4) is 17.4 Å². The molecule has 2 aromatic rings. The molecule has 1 aromatic carbocycles. The zero-order valence-electron chi connectivity index (χ0n) is 15.2. The van der Waals surface area contributed by atoms with E-state index in [9.17, 15) is 28.1 Å². The van der Waals surface area contributed by atoms with E-state index in [1.807, 2.05) is 0 Å². The third-order valence-corrected chi connectivity index (χ3v) is 3.72. The second kappa shape index (κ2) is 8.99. The van der Waals surface area contributed by atoms with Crippen LogP contribution in [0.3, 0.4) is 0 Å². The number of nitro benzene ring substituents is 1. The van der Waals surface area contributed by atoms with Gasteiger partial charge in [-0.15, -0.1) is 5.10 Å². The summed E-state index contributed by atoms with van der Waals surface area (Å²) in [4.78, 5) is 21.9. The number of aryl methyl sites for hydroxylation is 1. The molecule has 0 fully saturated rings. The minimum absolute atomic E-state index is 0.138. The lowest BCUT2D eigenvalue weighted by Gasteiger charge is -2.09. The van der Waals surface area contributed by atoms with Crippen molar-refractivity contribution in [2.24, 2.45) is 7.05 Å². The number of carbonyl (C=O) groups is 1. The maximum absolute atomic E-state index is 13.0. The molecule has 0 radical (unpaired) electrons. The molecule has 0 aliphatic heterocycles. The van der Waals surface area contributed by atoms with Crippen LogP contribution < -0.4 is 9.47 Å². The van der Waals surface area contributed by atoms with Crippen LogP contribution in [0, 0.1) is 10.1 Å². The molecule has 0 unspecified atom stereocenters. The molecule has 0 amide bonds. The molecule has 1 aromatic heterocycles. The molecule has 0 bridgehead atoms. The van der Waals surface area contributed by atoms with Gasteiger partial charge in [-0.3, -0.25) is 14.8 Å². The van der Waals surface area contributed by atoms with Gasteiger partial charge in [-0.25, -0.2) is 4.79 Å². The van der Waals surface area contributed by atoms with E-state index in [0.29, 0.717) is 11.1 Å². The molecule has 0 aliphatic carbocycles. The van der Waals surface area contributed by atoms with E-state index in [1.54, 1.807) is 6.92 Å². The van der Waals surface area contributed by atoms with Crippen LogP contribution >= 0.6 is 11.6 Å². The van der Waals surface area contributed by atoms with Gasteiger partial charge in [-0.2, -0.15) is 13.2 Å². The molecule has 158 valence electrons. The van der Waals surface area contributed by atoms with Crippen LogP contribution in [0.15, 0.2) is 18.2 Å². The summed E-state index contributed by atoms with van der Waals surface area (Å²) < 4.78 is 54.6. The van der Waals surface area contributed by atoms with Crippen molar-refractivity contribution in [3.05, 3.63) is 39.0 Å². The maximum Gasteiger partial charge on any atom is 0.434 e. The van der Waals surface area contributed by atoms with Crippen LogP contribution in [-0.4, -0.2) is 33.9 Å². The average molecular weight is 438 g/mol. The molecule has 0 atom stereocenters. The van der Waals surface area contributed by atoms with Crippen LogP contribution in [0.5, 0.6) is 17.4 Å². The Bertz CT molecular complexity index is 916. The number of esters is 1. The summed E-state index contributed by atoms with van der Waals surface area (Å²) in [6, 6.07) is 3.16. The number of nitro groups is 1. The van der Waals surface area contributed by atoms with Crippen LogP contribution in [0.4, 0.5) is 18.9 Å². The van der Waals surface area contributed by atoms with Crippen molar-refractivity contribution < 1.29 is 37.1 Å². The van der Waals surface area contributed by atoms with Gasteiger partial charge in [0.15, 0.2) is 12.3 Å². The zero-order valence-corrected chi connectivity index (χ0v) is 15.9. The number of hydrogen-bond donors (Lipinski definition) is 0. The van der Waals surface area contributed by atoms with Crippen molar-refractivity contribution >= 4 is 23.3 Å². The number of halogens is 4. The second-order valence-electron chi connectivity index (χ2n) is 5.59. The summed E-state index contributed by atoms with van der Waals surface area (Å²) in [5.74, 6) is -1.77. The third kappa shape index (κ3) is 5.50. The van der Waals surface area contributed by atoms with Crippen molar-refractivity contribution in [3.63, 3.8) is 0 Å². The minimum Gasteiger partial charge on any atom is -0.475 e. The predicted molar refractivity (Wildman–Crippen MR) is 93.1 cm³/mol. The quantitative estimate of drug-likeness (QED) is 0.347. The lowest BCUT2D eigenvalue weighted by atomic mass is 10.3. The highest BCUT2D eigenvalue weighted by atomic mass is 35.5. The van der Waals surface area contributed by atoms with Gasteiger partial charge in [-0.1, -0.05) is 18.5 Å². The van der Waals surface area contributed by atoms with Gasteiger partial charge in [0.05, 0.1) is 11.5 Å². The molecular weight excluding hydrogens is 423 g/mol. The number of hydrogen-bond acceptors (Lipinski definition) is 7. The van der Waals surface area contributed by atoms with Gasteiger partial charge in [0.25, 0.3) is 5.88 Å². The number of benzene rings is 1. The SMILES string of the molecule is CCCOC(=O)COc1cc(Oc2nn(C)c(C(F)(F)F)c2Cl)ccc1[N+](=O)[O-]. The summed E-state index contributed by atoms with van der Waals surface area (Å²) in [5, 5.41) is 13.9. The Labute approximate surface area is 167 Å². The molecule has 0 spiro atoms. The van der Waals surface area contributed by atoms with Gasteiger partial charge in [-0.05, 0) is 12.5 Å². The molecular formula is C16H15ClF3N3O6. The number of aromatic nitrogens is 2. The number of nitrogens with zero attached hydrogens (tertiary/aromatic N) is 3. The van der Waals surface area contributed by atoms with E-state index in [1.165, 1.54) is 0 Å². The maximum atomic E-state index is 13.0. The van der Waals surface area contributed by atoms with Crippen molar-refractivity contribution in [2.45, 2.75) is 19.5 Å². The van der Waals surface area contributed by atoms with Crippen molar-refractivity contribution in [2.75, 3.05) is 13.2 Å². The summed E-state index contributed by atoms with van der Waals surface area (Å²) in [7, 11) is 1.04. The molecule has 0 saturated heterocycles. The lowest BCUT2D eigenvalue weighted by Crippen LogP contribution is -2.15. The number of rotatable bonds is 8. The molecule has 13 heteroatoms. The van der Waals surface area contributed by atoms with E-state index < -0.39 is 46.0 Å². The van der Waals surface area contributed by atoms with Crippen LogP contribution in [0.2, 0.25) is 5.02 Å². The van der Waals surface area contributed by atoms with Gasteiger partial charge < -0.3 is 14.2 Å². The summed E-state index contributed by atoms with van der Waals surface area (Å²) in [6.45, 7) is 1.34. The zero-order chi connectivity index (χ0) is 21.8. The van der Waals surface area contributed by atoms with Gasteiger partial charge in [0.2, 0.25) is 5.75 Å². The predicted octanol–water partition coefficient (Wildman–Crippen LogP) is 4.12. The second-order valence-corrected chi connectivity index (χ2v) is 5.96. The molecule has 1 heterocycles. The highest BCUT2D eigenvalue weighted by molar-refractivity contribution is 6.32. The topological polar surface area (TPSA) is 106 Å². The normalized spacial score (nSPS) is 11.2. The van der Waals surface area contributed by atoms with Crippen LogP contribution in [0.1, 0.15) is 19.0 Å². The van der Waals surface area contributed by atoms with Crippen molar-refractivity contribution in [1.82, 2.24) is 9.78 Å². The highest BCUT2D eigenvalue weighted by Gasteiger charge is 2.39. The van der Waals surface area contributed by atoms with E-state index >= 15 is 0 Å². The van der Waals surface area contributed by atoms with E-state index in [4.69, 9.17) is 25.8 Å².